The molecule has 0 radical (unpaired) electrons. The second-order valence-electron chi connectivity index (χ2n) is 5.69. The summed E-state index contributed by atoms with van der Waals surface area (Å²) in [5.41, 5.74) is 2.70. The molecule has 0 aliphatic carbocycles. The maximum atomic E-state index is 6.40. The second-order valence-corrected chi connectivity index (χ2v) is 6.10. The molecule has 26 heavy (non-hydrogen) atoms. The van der Waals surface area contributed by atoms with Crippen molar-refractivity contribution in [1.82, 2.24) is 20.2 Å². The number of ether oxygens (including phenoxy) is 2. The number of halogens is 1. The van der Waals surface area contributed by atoms with Gasteiger partial charge >= 0.3 is 0 Å². The first-order chi connectivity index (χ1) is 12.7. The van der Waals surface area contributed by atoms with Gasteiger partial charge in [0.1, 0.15) is 6.04 Å². The van der Waals surface area contributed by atoms with Gasteiger partial charge in [0.15, 0.2) is 11.5 Å². The number of fused-ring (bicyclic) bond motifs is 1. The minimum absolute atomic E-state index is 0.224. The number of rotatable bonds is 4. The minimum atomic E-state index is -0.224. The quantitative estimate of drug-likeness (QED) is 0.759. The fourth-order valence-corrected chi connectivity index (χ4v) is 3.21. The van der Waals surface area contributed by atoms with Crippen LogP contribution in [0.1, 0.15) is 17.2 Å². The third kappa shape index (κ3) is 2.76. The van der Waals surface area contributed by atoms with Crippen molar-refractivity contribution in [2.75, 3.05) is 19.5 Å². The lowest BCUT2D eigenvalue weighted by Gasteiger charge is -2.24. The molecule has 2 heterocycles. The number of hydrogen-bond donors (Lipinski definition) is 1. The Bertz CT molecular complexity index is 985. The Hall–Kier alpha value is -3.06. The first-order valence-electron chi connectivity index (χ1n) is 7.95. The van der Waals surface area contributed by atoms with E-state index in [2.05, 4.69) is 20.8 Å². The minimum Gasteiger partial charge on any atom is -0.493 e. The number of nitrogens with one attached hydrogen (secondary N) is 1. The molecular formula is C18H16ClN5O2. The van der Waals surface area contributed by atoms with E-state index in [9.17, 15) is 0 Å². The van der Waals surface area contributed by atoms with Crippen LogP contribution < -0.4 is 14.8 Å². The average molecular weight is 370 g/mol. The van der Waals surface area contributed by atoms with Crippen LogP contribution in [0.25, 0.3) is 5.70 Å². The largest absolute Gasteiger partial charge is 0.493 e. The molecule has 1 aliphatic heterocycles. The lowest BCUT2D eigenvalue weighted by Crippen LogP contribution is -2.20. The molecule has 0 spiro atoms. The zero-order valence-corrected chi connectivity index (χ0v) is 14.9. The van der Waals surface area contributed by atoms with E-state index in [-0.39, 0.29) is 6.04 Å². The van der Waals surface area contributed by atoms with Crippen LogP contribution in [-0.4, -0.2) is 34.4 Å². The molecule has 4 rings (SSSR count). The van der Waals surface area contributed by atoms with Crippen molar-refractivity contribution in [2.24, 2.45) is 0 Å². The Labute approximate surface area is 155 Å². The summed E-state index contributed by atoms with van der Waals surface area (Å²) in [6.07, 6.45) is 2.03. The molecule has 1 atom stereocenters. The van der Waals surface area contributed by atoms with E-state index in [1.807, 2.05) is 48.5 Å². The van der Waals surface area contributed by atoms with Crippen LogP contribution in [0.3, 0.4) is 0 Å². The zero-order valence-electron chi connectivity index (χ0n) is 14.2. The lowest BCUT2D eigenvalue weighted by molar-refractivity contribution is 0.355. The predicted molar refractivity (Wildman–Crippen MR) is 98.6 cm³/mol. The highest BCUT2D eigenvalue weighted by molar-refractivity contribution is 6.31. The number of aromatic nitrogens is 4. The summed E-state index contributed by atoms with van der Waals surface area (Å²) in [6.45, 7) is 0. The molecule has 1 aromatic heterocycles. The van der Waals surface area contributed by atoms with Crippen LogP contribution >= 0.6 is 11.6 Å². The van der Waals surface area contributed by atoms with Crippen molar-refractivity contribution in [3.05, 3.63) is 64.7 Å². The van der Waals surface area contributed by atoms with Crippen molar-refractivity contribution < 1.29 is 9.47 Å². The normalized spacial score (nSPS) is 15.7. The number of anilines is 1. The number of benzene rings is 2. The molecule has 7 nitrogen and oxygen atoms in total. The van der Waals surface area contributed by atoms with E-state index in [0.29, 0.717) is 22.5 Å². The fourth-order valence-electron chi connectivity index (χ4n) is 2.96. The van der Waals surface area contributed by atoms with Crippen LogP contribution in [0.5, 0.6) is 11.5 Å². The van der Waals surface area contributed by atoms with Crippen molar-refractivity contribution in [3.8, 4) is 11.5 Å². The number of methoxy groups -OCH3 is 2. The summed E-state index contributed by atoms with van der Waals surface area (Å²) >= 11 is 6.40. The van der Waals surface area contributed by atoms with Crippen LogP contribution in [-0.2, 0) is 0 Å². The lowest BCUT2D eigenvalue weighted by atomic mass is 10.0. The van der Waals surface area contributed by atoms with Gasteiger partial charge in [0.25, 0.3) is 0 Å². The molecule has 2 aromatic carbocycles. The van der Waals surface area contributed by atoms with Gasteiger partial charge < -0.3 is 14.8 Å². The smallest absolute Gasteiger partial charge is 0.248 e. The Morgan fingerprint density at radius 3 is 2.65 bits per heavy atom. The van der Waals surface area contributed by atoms with Gasteiger partial charge in [-0.2, -0.15) is 4.68 Å². The highest BCUT2D eigenvalue weighted by atomic mass is 35.5. The maximum absolute atomic E-state index is 6.40. The Balaban J connectivity index is 1.81. The molecule has 0 amide bonds. The summed E-state index contributed by atoms with van der Waals surface area (Å²) in [5, 5.41) is 15.8. The molecule has 1 aliphatic rings. The molecule has 0 saturated heterocycles. The van der Waals surface area contributed by atoms with Gasteiger partial charge in [-0.15, -0.1) is 0 Å². The standard InChI is InChI=1S/C18H16ClN5O2/c1-25-16-8-7-11(9-17(16)26-2)14-10-15(12-5-3-4-6-13(12)19)24-18(20-14)21-22-23-24/h3-10,15H,1-2H3,(H,20,21,23)/t15-/m1/s1. The topological polar surface area (TPSA) is 74.1 Å². The van der Waals surface area contributed by atoms with Gasteiger partial charge in [-0.25, -0.2) is 0 Å². The van der Waals surface area contributed by atoms with Gasteiger partial charge in [0.05, 0.1) is 14.2 Å². The third-order valence-electron chi connectivity index (χ3n) is 4.25. The summed E-state index contributed by atoms with van der Waals surface area (Å²) in [6, 6.07) is 13.1. The van der Waals surface area contributed by atoms with Gasteiger partial charge in [0.2, 0.25) is 5.95 Å². The van der Waals surface area contributed by atoms with Gasteiger partial charge in [0, 0.05) is 16.3 Å². The summed E-state index contributed by atoms with van der Waals surface area (Å²) in [5.74, 6) is 1.86. The van der Waals surface area contributed by atoms with E-state index < -0.39 is 0 Å². The van der Waals surface area contributed by atoms with Crippen LogP contribution in [0, 0.1) is 0 Å². The Morgan fingerprint density at radius 2 is 1.88 bits per heavy atom. The molecule has 0 fully saturated rings. The van der Waals surface area contributed by atoms with Gasteiger partial charge in [-0.05, 0) is 46.3 Å². The highest BCUT2D eigenvalue weighted by Crippen LogP contribution is 2.36. The highest BCUT2D eigenvalue weighted by Gasteiger charge is 2.26. The summed E-state index contributed by atoms with van der Waals surface area (Å²) in [7, 11) is 3.22. The van der Waals surface area contributed by atoms with Gasteiger partial charge in [-0.1, -0.05) is 34.9 Å². The van der Waals surface area contributed by atoms with Crippen LogP contribution in [0.15, 0.2) is 48.5 Å². The van der Waals surface area contributed by atoms with Crippen molar-refractivity contribution >= 4 is 23.2 Å². The maximum Gasteiger partial charge on any atom is 0.248 e. The first kappa shape index (κ1) is 16.4. The van der Waals surface area contributed by atoms with E-state index in [0.717, 1.165) is 16.8 Å². The van der Waals surface area contributed by atoms with Crippen LogP contribution in [0.4, 0.5) is 5.95 Å². The molecule has 8 heteroatoms. The molecule has 1 N–H and O–H groups in total. The van der Waals surface area contributed by atoms with Crippen molar-refractivity contribution in [3.63, 3.8) is 0 Å². The van der Waals surface area contributed by atoms with Gasteiger partial charge in [-0.3, -0.25) is 0 Å². The predicted octanol–water partition coefficient (Wildman–Crippen LogP) is 3.40. The van der Waals surface area contributed by atoms with E-state index in [1.54, 1.807) is 18.9 Å². The summed E-state index contributed by atoms with van der Waals surface area (Å²) in [4.78, 5) is 0. The second kappa shape index (κ2) is 6.68. The van der Waals surface area contributed by atoms with E-state index in [1.165, 1.54) is 0 Å². The Kier molecular flexibility index (Phi) is 4.22. The SMILES string of the molecule is COc1ccc(C2=C[C@H](c3ccccc3Cl)n3nnnc3N2)cc1OC. The molecule has 132 valence electrons. The number of allylic oxidation sites excluding steroid dienone is 1. The monoisotopic (exact) mass is 369 g/mol. The van der Waals surface area contributed by atoms with E-state index >= 15 is 0 Å². The zero-order chi connectivity index (χ0) is 18.1. The first-order valence-corrected chi connectivity index (χ1v) is 8.32. The average Bonchev–Trinajstić information content (AvgIpc) is 3.16. The molecular weight excluding hydrogens is 354 g/mol. The number of nitrogens with zero attached hydrogens (tertiary/aromatic N) is 4. The van der Waals surface area contributed by atoms with Crippen molar-refractivity contribution in [2.45, 2.75) is 6.04 Å². The van der Waals surface area contributed by atoms with Crippen molar-refractivity contribution in [1.29, 1.82) is 0 Å². The summed E-state index contributed by atoms with van der Waals surface area (Å²) < 4.78 is 12.4. The number of hydrogen-bond acceptors (Lipinski definition) is 6. The fraction of sp³-hybridized carbons (Fsp3) is 0.167. The molecule has 0 unspecified atom stereocenters. The number of tetrazole rings is 1. The molecule has 0 bridgehead atoms. The van der Waals surface area contributed by atoms with E-state index in [4.69, 9.17) is 21.1 Å². The third-order valence-corrected chi connectivity index (χ3v) is 4.59. The Morgan fingerprint density at radius 1 is 1.08 bits per heavy atom. The molecule has 3 aromatic rings. The molecule has 0 saturated carbocycles. The van der Waals surface area contributed by atoms with Crippen LogP contribution in [0.2, 0.25) is 5.02 Å².